The Balaban J connectivity index is 1.46. The Kier molecular flexibility index (Phi) is 6.45. The molecule has 6 rings (SSSR count). The molecule has 0 bridgehead atoms. The largest absolute Gasteiger partial charge is 0.381 e. The Bertz CT molecular complexity index is 2000. The molecule has 0 saturated heterocycles. The number of rotatable bonds is 4. The maximum atomic E-state index is 14.2. The van der Waals surface area contributed by atoms with E-state index in [1.165, 1.54) is 16.9 Å². The van der Waals surface area contributed by atoms with Crippen LogP contribution in [0.15, 0.2) is 88.6 Å². The van der Waals surface area contributed by atoms with Gasteiger partial charge in [0.1, 0.15) is 11.4 Å². The molecule has 1 atom stereocenters. The minimum atomic E-state index is -0.579. The summed E-state index contributed by atoms with van der Waals surface area (Å²) in [6.07, 6.45) is 5.15. The van der Waals surface area contributed by atoms with E-state index in [-0.39, 0.29) is 22.5 Å². The van der Waals surface area contributed by atoms with Crippen LogP contribution in [0.2, 0.25) is 0 Å². The summed E-state index contributed by atoms with van der Waals surface area (Å²) in [6, 6.07) is 19.0. The van der Waals surface area contributed by atoms with Gasteiger partial charge in [0.2, 0.25) is 5.56 Å². The van der Waals surface area contributed by atoms with Gasteiger partial charge in [-0.2, -0.15) is 0 Å². The molecule has 5 aromatic rings. The molecule has 5 N–H and O–H groups in total. The first kappa shape index (κ1) is 25.5. The quantitative estimate of drug-likeness (QED) is 0.257. The molecular formula is C31H25N7O3. The molecule has 2 aromatic carbocycles. The van der Waals surface area contributed by atoms with Crippen LogP contribution in [0.5, 0.6) is 0 Å². The van der Waals surface area contributed by atoms with Gasteiger partial charge in [0, 0.05) is 47.5 Å². The highest BCUT2D eigenvalue weighted by Gasteiger charge is 2.26. The van der Waals surface area contributed by atoms with Crippen molar-refractivity contribution in [2.75, 3.05) is 17.6 Å². The predicted octanol–water partition coefficient (Wildman–Crippen LogP) is 3.24. The highest BCUT2D eigenvalue weighted by atomic mass is 16.2. The second kappa shape index (κ2) is 10.4. The van der Waals surface area contributed by atoms with Crippen molar-refractivity contribution in [1.82, 2.24) is 24.6 Å². The lowest BCUT2D eigenvalue weighted by atomic mass is 10.0. The maximum Gasteiger partial charge on any atom is 0.264 e. The van der Waals surface area contributed by atoms with Crippen LogP contribution < -0.4 is 27.5 Å². The number of aromatic amines is 1. The van der Waals surface area contributed by atoms with E-state index < -0.39 is 11.9 Å². The molecule has 10 heteroatoms. The first-order valence-electron chi connectivity index (χ1n) is 12.9. The number of nitrogens with two attached hydrogens (primary N) is 1. The van der Waals surface area contributed by atoms with Gasteiger partial charge in [-0.05, 0) is 48.7 Å². The van der Waals surface area contributed by atoms with Gasteiger partial charge in [0.05, 0.1) is 11.4 Å². The predicted molar refractivity (Wildman–Crippen MR) is 159 cm³/mol. The SMILES string of the molecule is CC(NC(=O)c1c(N)nn2c1NCC=C2)c1cc2cccc(C#Cc3ccc(=O)[nH]c3)c2c(=O)n1-c1ccccc1. The average molecular weight is 544 g/mol. The van der Waals surface area contributed by atoms with Gasteiger partial charge in [-0.25, -0.2) is 4.68 Å². The van der Waals surface area contributed by atoms with Gasteiger partial charge < -0.3 is 21.4 Å². The number of nitrogens with one attached hydrogen (secondary N) is 3. The van der Waals surface area contributed by atoms with Gasteiger partial charge in [0.15, 0.2) is 5.82 Å². The highest BCUT2D eigenvalue weighted by Crippen LogP contribution is 2.27. The lowest BCUT2D eigenvalue weighted by molar-refractivity contribution is 0.0940. The Labute approximate surface area is 234 Å². The highest BCUT2D eigenvalue weighted by molar-refractivity contribution is 6.04. The van der Waals surface area contributed by atoms with Crippen molar-refractivity contribution in [3.05, 3.63) is 122 Å². The number of carbonyl (C=O) groups excluding carboxylic acids is 1. The number of aromatic nitrogens is 4. The number of H-pyrrole nitrogens is 1. The average Bonchev–Trinajstić information content (AvgIpc) is 3.32. The molecule has 3 aromatic heterocycles. The minimum absolute atomic E-state index is 0.105. The number of hydrogen-bond acceptors (Lipinski definition) is 6. The molecule has 10 nitrogen and oxygen atoms in total. The van der Waals surface area contributed by atoms with E-state index in [0.717, 1.165) is 0 Å². The van der Waals surface area contributed by atoms with Crippen molar-refractivity contribution < 1.29 is 4.79 Å². The Morgan fingerprint density at radius 2 is 1.90 bits per heavy atom. The first-order chi connectivity index (χ1) is 19.9. The lowest BCUT2D eigenvalue weighted by Crippen LogP contribution is -2.33. The monoisotopic (exact) mass is 543 g/mol. The third-order valence-electron chi connectivity index (χ3n) is 6.81. The molecule has 1 amide bonds. The zero-order valence-corrected chi connectivity index (χ0v) is 22.0. The molecule has 41 heavy (non-hydrogen) atoms. The van der Waals surface area contributed by atoms with Crippen LogP contribution >= 0.6 is 0 Å². The van der Waals surface area contributed by atoms with Gasteiger partial charge in [0.25, 0.3) is 11.5 Å². The Hall–Kier alpha value is -5.82. The minimum Gasteiger partial charge on any atom is -0.381 e. The summed E-state index contributed by atoms with van der Waals surface area (Å²) in [5, 5.41) is 11.5. The Morgan fingerprint density at radius 3 is 2.68 bits per heavy atom. The van der Waals surface area contributed by atoms with Crippen LogP contribution in [0.1, 0.15) is 40.1 Å². The second-order valence-electron chi connectivity index (χ2n) is 9.52. The fraction of sp³-hybridized carbons (Fsp3) is 0.0968. The van der Waals surface area contributed by atoms with E-state index in [4.69, 9.17) is 5.73 Å². The van der Waals surface area contributed by atoms with Crippen molar-refractivity contribution in [2.24, 2.45) is 0 Å². The number of para-hydroxylation sites is 1. The molecule has 4 heterocycles. The third kappa shape index (κ3) is 4.77. The lowest BCUT2D eigenvalue weighted by Gasteiger charge is -2.21. The van der Waals surface area contributed by atoms with E-state index in [0.29, 0.717) is 45.6 Å². The first-order valence-corrected chi connectivity index (χ1v) is 12.9. The Morgan fingerprint density at radius 1 is 1.07 bits per heavy atom. The van der Waals surface area contributed by atoms with Crippen LogP contribution in [0, 0.1) is 11.8 Å². The molecule has 1 unspecified atom stereocenters. The van der Waals surface area contributed by atoms with E-state index in [1.54, 1.807) is 22.9 Å². The number of carbonyl (C=O) groups is 1. The number of nitrogens with zero attached hydrogens (tertiary/aromatic N) is 3. The fourth-order valence-corrected chi connectivity index (χ4v) is 4.88. The van der Waals surface area contributed by atoms with E-state index >= 15 is 0 Å². The van der Waals surface area contributed by atoms with Gasteiger partial charge >= 0.3 is 0 Å². The number of nitrogen functional groups attached to an aromatic ring is 1. The van der Waals surface area contributed by atoms with E-state index in [2.05, 4.69) is 32.6 Å². The second-order valence-corrected chi connectivity index (χ2v) is 9.52. The molecule has 0 aliphatic carbocycles. The summed E-state index contributed by atoms with van der Waals surface area (Å²) in [6.45, 7) is 2.36. The molecule has 202 valence electrons. The maximum absolute atomic E-state index is 14.2. The zero-order valence-electron chi connectivity index (χ0n) is 22.0. The standard InChI is InChI=1S/C31H25N7O3/c1-19(35-30(40)27-28(32)36-37-16-6-15-33-29(27)37)24-17-22-8-5-7-21(13-11-20-12-14-25(39)34-18-20)26(22)31(41)38(24)23-9-3-2-4-10-23/h2-10,12,14,16-19,33H,15H2,1H3,(H2,32,36)(H,34,39)(H,35,40). The summed E-state index contributed by atoms with van der Waals surface area (Å²) in [4.78, 5) is 41.6. The van der Waals surface area contributed by atoms with Crippen molar-refractivity contribution in [3.8, 4) is 17.5 Å². The van der Waals surface area contributed by atoms with Crippen molar-refractivity contribution in [3.63, 3.8) is 0 Å². The summed E-state index contributed by atoms with van der Waals surface area (Å²) in [5.41, 5.74) is 8.24. The molecule has 0 spiro atoms. The molecule has 0 fully saturated rings. The summed E-state index contributed by atoms with van der Waals surface area (Å²) >= 11 is 0. The number of fused-ring (bicyclic) bond motifs is 2. The van der Waals surface area contributed by atoms with Gasteiger partial charge in [-0.1, -0.05) is 42.2 Å². The molecule has 0 radical (unpaired) electrons. The number of pyridine rings is 2. The number of hydrogen-bond donors (Lipinski definition) is 4. The molecule has 1 aliphatic rings. The normalized spacial score (nSPS) is 12.6. The van der Waals surface area contributed by atoms with Gasteiger partial charge in [-0.15, -0.1) is 5.10 Å². The summed E-state index contributed by atoms with van der Waals surface area (Å²) in [5.74, 6) is 6.31. The number of anilines is 2. The van der Waals surface area contributed by atoms with Crippen LogP contribution in [0.3, 0.4) is 0 Å². The molecular weight excluding hydrogens is 518 g/mol. The zero-order chi connectivity index (χ0) is 28.5. The van der Waals surface area contributed by atoms with Crippen LogP contribution in [-0.2, 0) is 0 Å². The smallest absolute Gasteiger partial charge is 0.264 e. The van der Waals surface area contributed by atoms with Crippen LogP contribution in [0.25, 0.3) is 22.7 Å². The van der Waals surface area contributed by atoms with Crippen LogP contribution in [0.4, 0.5) is 11.6 Å². The third-order valence-corrected chi connectivity index (χ3v) is 6.81. The van der Waals surface area contributed by atoms with E-state index in [9.17, 15) is 14.4 Å². The van der Waals surface area contributed by atoms with E-state index in [1.807, 2.05) is 61.5 Å². The molecule has 1 aliphatic heterocycles. The fourth-order valence-electron chi connectivity index (χ4n) is 4.88. The topological polar surface area (TPSA) is 140 Å². The number of benzene rings is 2. The van der Waals surface area contributed by atoms with Crippen molar-refractivity contribution >= 4 is 34.5 Å². The van der Waals surface area contributed by atoms with Crippen molar-refractivity contribution in [1.29, 1.82) is 0 Å². The van der Waals surface area contributed by atoms with Crippen molar-refractivity contribution in [2.45, 2.75) is 13.0 Å². The van der Waals surface area contributed by atoms with Crippen LogP contribution in [-0.4, -0.2) is 31.8 Å². The summed E-state index contributed by atoms with van der Waals surface area (Å²) in [7, 11) is 0. The number of amides is 1. The summed E-state index contributed by atoms with van der Waals surface area (Å²) < 4.78 is 3.13. The molecule has 0 saturated carbocycles. The van der Waals surface area contributed by atoms with Gasteiger partial charge in [-0.3, -0.25) is 19.0 Å².